The summed E-state index contributed by atoms with van der Waals surface area (Å²) < 4.78 is 11.7. The van der Waals surface area contributed by atoms with Crippen LogP contribution in [-0.2, 0) is 17.6 Å². The Hall–Kier alpha value is -3.40. The summed E-state index contributed by atoms with van der Waals surface area (Å²) in [7, 11) is 1.83. The summed E-state index contributed by atoms with van der Waals surface area (Å²) in [5.41, 5.74) is 3.00. The molecule has 2 aliphatic rings. The molecule has 35 heavy (non-hydrogen) atoms. The minimum absolute atomic E-state index is 0.109. The summed E-state index contributed by atoms with van der Waals surface area (Å²) in [6, 6.07) is 3.97. The molecule has 0 bridgehead atoms. The van der Waals surface area contributed by atoms with Crippen molar-refractivity contribution in [2.75, 3.05) is 25.5 Å². The van der Waals surface area contributed by atoms with Gasteiger partial charge in [-0.15, -0.1) is 11.3 Å². The Morgan fingerprint density at radius 2 is 2.17 bits per heavy atom. The molecule has 9 nitrogen and oxygen atoms in total. The summed E-state index contributed by atoms with van der Waals surface area (Å²) in [6.07, 6.45) is 7.81. The van der Waals surface area contributed by atoms with Crippen molar-refractivity contribution in [1.82, 2.24) is 25.1 Å². The Balaban J connectivity index is 1.26. The number of ether oxygens (including phenoxy) is 2. The van der Waals surface area contributed by atoms with Crippen LogP contribution >= 0.6 is 11.3 Å². The van der Waals surface area contributed by atoms with Crippen molar-refractivity contribution < 1.29 is 14.3 Å². The number of amides is 1. The van der Waals surface area contributed by atoms with E-state index in [2.05, 4.69) is 25.5 Å². The van der Waals surface area contributed by atoms with Gasteiger partial charge in [0.1, 0.15) is 28.8 Å². The van der Waals surface area contributed by atoms with Gasteiger partial charge in [-0.05, 0) is 50.2 Å². The van der Waals surface area contributed by atoms with E-state index in [0.717, 1.165) is 57.8 Å². The van der Waals surface area contributed by atoms with Gasteiger partial charge in [0.05, 0.1) is 29.4 Å². The number of carbonyl (C=O) groups is 1. The van der Waals surface area contributed by atoms with E-state index in [9.17, 15) is 4.79 Å². The van der Waals surface area contributed by atoms with E-state index in [1.807, 2.05) is 26.1 Å². The predicted molar refractivity (Wildman–Crippen MR) is 136 cm³/mol. The van der Waals surface area contributed by atoms with Crippen LogP contribution in [0.2, 0.25) is 0 Å². The third-order valence-electron chi connectivity index (χ3n) is 6.70. The van der Waals surface area contributed by atoms with Gasteiger partial charge in [-0.3, -0.25) is 5.10 Å². The third kappa shape index (κ3) is 4.38. The van der Waals surface area contributed by atoms with Crippen LogP contribution in [0.15, 0.2) is 24.7 Å². The zero-order valence-corrected chi connectivity index (χ0v) is 20.7. The number of H-pyrrole nitrogens is 1. The van der Waals surface area contributed by atoms with E-state index in [-0.39, 0.29) is 12.2 Å². The van der Waals surface area contributed by atoms with Gasteiger partial charge in [-0.25, -0.2) is 14.8 Å². The maximum absolute atomic E-state index is 12.5. The maximum Gasteiger partial charge on any atom is 0.409 e. The van der Waals surface area contributed by atoms with Crippen molar-refractivity contribution in [3.63, 3.8) is 0 Å². The number of rotatable bonds is 7. The Labute approximate surface area is 206 Å². The largest absolute Gasteiger partial charge is 0.492 e. The molecule has 2 N–H and O–H groups in total. The number of nitrogens with one attached hydrogen (secondary N) is 2. The molecule has 0 radical (unpaired) electrons. The van der Waals surface area contributed by atoms with Crippen LogP contribution in [0.25, 0.3) is 21.1 Å². The summed E-state index contributed by atoms with van der Waals surface area (Å²) in [6.45, 7) is 3.31. The van der Waals surface area contributed by atoms with Crippen LogP contribution < -0.4 is 10.1 Å². The molecule has 0 aliphatic heterocycles. The number of hydrogen-bond acceptors (Lipinski definition) is 8. The molecule has 1 amide bonds. The number of hydrogen-bond donors (Lipinski definition) is 2. The van der Waals surface area contributed by atoms with Crippen molar-refractivity contribution in [1.29, 1.82) is 0 Å². The lowest BCUT2D eigenvalue weighted by molar-refractivity contribution is 0.0623. The van der Waals surface area contributed by atoms with Crippen molar-refractivity contribution in [2.24, 2.45) is 5.92 Å². The fourth-order valence-corrected chi connectivity index (χ4v) is 5.99. The first-order valence-electron chi connectivity index (χ1n) is 12.1. The number of thiophene rings is 1. The number of fused-ring (bicyclic) bond motifs is 4. The molecule has 3 aromatic heterocycles. The van der Waals surface area contributed by atoms with Crippen LogP contribution in [0.5, 0.6) is 5.75 Å². The molecule has 1 fully saturated rings. The molecular formula is C25H28N6O3S. The van der Waals surface area contributed by atoms with Gasteiger partial charge >= 0.3 is 6.09 Å². The van der Waals surface area contributed by atoms with Gasteiger partial charge in [0.15, 0.2) is 0 Å². The highest BCUT2D eigenvalue weighted by Gasteiger charge is 2.30. The molecule has 0 saturated heterocycles. The highest BCUT2D eigenvalue weighted by Crippen LogP contribution is 2.41. The Bertz CT molecular complexity index is 1390. The molecular weight excluding hydrogens is 464 g/mol. The van der Waals surface area contributed by atoms with Gasteiger partial charge in [0.2, 0.25) is 0 Å². The standard InChI is InChI=1S/C25H28N6O3S/c1-3-33-20-10-18-15(11-28-30-18)8-19(20)29-23-22-17-7-6-16(9-21(17)35-24(22)27-13-26-23)34-25(32)31(2)12-14-4-5-14/h8,10-11,13-14,16H,3-7,9,12H2,1-2H3,(H,28,30)(H,26,27,29). The third-order valence-corrected chi connectivity index (χ3v) is 7.86. The van der Waals surface area contributed by atoms with Gasteiger partial charge in [-0.2, -0.15) is 5.10 Å². The van der Waals surface area contributed by atoms with Crippen LogP contribution in [0.3, 0.4) is 0 Å². The maximum atomic E-state index is 12.5. The first-order valence-corrected chi connectivity index (χ1v) is 12.9. The number of nitrogens with zero attached hydrogens (tertiary/aromatic N) is 4. The first-order chi connectivity index (χ1) is 17.1. The number of aryl methyl sites for hydroxylation is 1. The quantitative estimate of drug-likeness (QED) is 0.372. The monoisotopic (exact) mass is 492 g/mol. The zero-order chi connectivity index (χ0) is 23.9. The van der Waals surface area contributed by atoms with E-state index in [1.54, 1.807) is 28.8 Å². The second-order valence-corrected chi connectivity index (χ2v) is 10.4. The Kier molecular flexibility index (Phi) is 5.68. The van der Waals surface area contributed by atoms with E-state index in [1.165, 1.54) is 23.3 Å². The average Bonchev–Trinajstić information content (AvgIpc) is 3.41. The molecule has 1 unspecified atom stereocenters. The van der Waals surface area contributed by atoms with E-state index < -0.39 is 0 Å². The molecule has 2 aliphatic carbocycles. The molecule has 0 spiro atoms. The number of anilines is 2. The molecule has 182 valence electrons. The van der Waals surface area contributed by atoms with Crippen LogP contribution in [0, 0.1) is 5.92 Å². The fourth-order valence-electron chi connectivity index (χ4n) is 4.74. The topological polar surface area (TPSA) is 105 Å². The summed E-state index contributed by atoms with van der Waals surface area (Å²) in [4.78, 5) is 25.5. The number of aromatic nitrogens is 4. The molecule has 10 heteroatoms. The van der Waals surface area contributed by atoms with Crippen LogP contribution in [0.1, 0.15) is 36.6 Å². The summed E-state index contributed by atoms with van der Waals surface area (Å²) in [5.74, 6) is 2.15. The number of benzene rings is 1. The van der Waals surface area contributed by atoms with Gasteiger partial charge < -0.3 is 19.7 Å². The Morgan fingerprint density at radius 1 is 1.29 bits per heavy atom. The van der Waals surface area contributed by atoms with Crippen molar-refractivity contribution in [3.8, 4) is 5.75 Å². The minimum atomic E-state index is -0.216. The predicted octanol–water partition coefficient (Wildman–Crippen LogP) is 5.05. The van der Waals surface area contributed by atoms with E-state index in [0.29, 0.717) is 18.9 Å². The van der Waals surface area contributed by atoms with Crippen LogP contribution in [-0.4, -0.2) is 57.5 Å². The average molecular weight is 493 g/mol. The Morgan fingerprint density at radius 3 is 3.00 bits per heavy atom. The molecule has 1 aromatic carbocycles. The molecule has 3 heterocycles. The number of aromatic amines is 1. The molecule has 1 atom stereocenters. The molecule has 1 saturated carbocycles. The second-order valence-electron chi connectivity index (χ2n) is 9.34. The lowest BCUT2D eigenvalue weighted by Gasteiger charge is -2.25. The minimum Gasteiger partial charge on any atom is -0.492 e. The first kappa shape index (κ1) is 22.1. The van der Waals surface area contributed by atoms with Gasteiger partial charge in [0, 0.05) is 36.3 Å². The lowest BCUT2D eigenvalue weighted by atomic mass is 9.94. The van der Waals surface area contributed by atoms with Crippen LogP contribution in [0.4, 0.5) is 16.3 Å². The molecule has 6 rings (SSSR count). The van der Waals surface area contributed by atoms with Crippen molar-refractivity contribution >= 4 is 50.1 Å². The van der Waals surface area contributed by atoms with Crippen molar-refractivity contribution in [2.45, 2.75) is 45.1 Å². The van der Waals surface area contributed by atoms with E-state index >= 15 is 0 Å². The summed E-state index contributed by atoms with van der Waals surface area (Å²) >= 11 is 1.66. The molecule has 4 aromatic rings. The SMILES string of the molecule is CCOc1cc2[nH]ncc2cc1Nc1ncnc2sc3c(c12)CCC(OC(=O)N(C)CC1CC1)C3. The summed E-state index contributed by atoms with van der Waals surface area (Å²) in [5, 5.41) is 12.7. The highest BCUT2D eigenvalue weighted by atomic mass is 32.1. The zero-order valence-electron chi connectivity index (χ0n) is 19.8. The number of carbonyl (C=O) groups excluding carboxylic acids is 1. The smallest absolute Gasteiger partial charge is 0.409 e. The fraction of sp³-hybridized carbons (Fsp3) is 0.440. The van der Waals surface area contributed by atoms with Crippen molar-refractivity contribution in [3.05, 3.63) is 35.1 Å². The lowest BCUT2D eigenvalue weighted by Crippen LogP contribution is -2.34. The van der Waals surface area contributed by atoms with Gasteiger partial charge in [-0.1, -0.05) is 0 Å². The second kappa shape index (κ2) is 8.99. The normalized spacial score (nSPS) is 17.4. The van der Waals surface area contributed by atoms with Gasteiger partial charge in [0.25, 0.3) is 0 Å². The van der Waals surface area contributed by atoms with E-state index in [4.69, 9.17) is 9.47 Å². The highest BCUT2D eigenvalue weighted by molar-refractivity contribution is 7.19.